The van der Waals surface area contributed by atoms with E-state index in [-0.39, 0.29) is 23.9 Å². The van der Waals surface area contributed by atoms with E-state index in [2.05, 4.69) is 60.4 Å². The van der Waals surface area contributed by atoms with Gasteiger partial charge in [-0.15, -0.1) is 0 Å². The van der Waals surface area contributed by atoms with Crippen LogP contribution < -0.4 is 11.0 Å². The molecular formula is C23H27N5O2. The second-order valence-electron chi connectivity index (χ2n) is 8.80. The molecule has 30 heavy (non-hydrogen) atoms. The predicted molar refractivity (Wildman–Crippen MR) is 115 cm³/mol. The summed E-state index contributed by atoms with van der Waals surface area (Å²) in [6.07, 6.45) is 7.59. The summed E-state index contributed by atoms with van der Waals surface area (Å²) in [7, 11) is 0. The Morgan fingerprint density at radius 3 is 2.70 bits per heavy atom. The Hall–Kier alpha value is -3.22. The summed E-state index contributed by atoms with van der Waals surface area (Å²) in [6, 6.07) is 10.0. The lowest BCUT2D eigenvalue weighted by Gasteiger charge is -2.24. The summed E-state index contributed by atoms with van der Waals surface area (Å²) in [5.74, 6) is -0.203. The third-order valence-corrected chi connectivity index (χ3v) is 5.59. The summed E-state index contributed by atoms with van der Waals surface area (Å²) in [5, 5.41) is 7.68. The number of aromatic nitrogens is 4. The van der Waals surface area contributed by atoms with Crippen molar-refractivity contribution >= 4 is 5.91 Å². The molecule has 2 heterocycles. The molecule has 0 fully saturated rings. The number of nitrogens with zero attached hydrogens (tertiary/aromatic N) is 4. The fourth-order valence-electron chi connectivity index (χ4n) is 3.93. The molecule has 1 N–H and O–H groups in total. The van der Waals surface area contributed by atoms with Crippen molar-refractivity contribution in [1.82, 2.24) is 24.6 Å². The highest BCUT2D eigenvalue weighted by Gasteiger charge is 2.26. The highest BCUT2D eigenvalue weighted by molar-refractivity contribution is 5.76. The second kappa shape index (κ2) is 7.89. The Kier molecular flexibility index (Phi) is 5.28. The average molecular weight is 406 g/mol. The van der Waals surface area contributed by atoms with Crippen LogP contribution in [0.4, 0.5) is 0 Å². The van der Waals surface area contributed by atoms with E-state index >= 15 is 0 Å². The first kappa shape index (κ1) is 20.1. The third kappa shape index (κ3) is 4.06. The van der Waals surface area contributed by atoms with Crippen molar-refractivity contribution in [3.63, 3.8) is 0 Å². The molecule has 0 spiro atoms. The standard InChI is InChI=1S/C23H27N5O2/c1-23(2,3)16-8-10-17(11-9-16)28-20-7-4-6-19(18(20)14-25-28)26-21(29)15-27-13-5-12-24-22(27)30/h5,8-14,19H,4,6-7,15H2,1-3H3,(H,26,29)/t19-/m1/s1. The molecule has 1 atom stereocenters. The first-order chi connectivity index (χ1) is 14.3. The number of amides is 1. The Morgan fingerprint density at radius 2 is 2.00 bits per heavy atom. The van der Waals surface area contributed by atoms with Crippen LogP contribution in [0.15, 0.2) is 53.7 Å². The van der Waals surface area contributed by atoms with Crippen molar-refractivity contribution in [2.24, 2.45) is 0 Å². The molecule has 1 aliphatic rings. The number of nitrogens with one attached hydrogen (secondary N) is 1. The van der Waals surface area contributed by atoms with Gasteiger partial charge in [-0.1, -0.05) is 32.9 Å². The minimum Gasteiger partial charge on any atom is -0.348 e. The Labute approximate surface area is 175 Å². The first-order valence-electron chi connectivity index (χ1n) is 10.3. The molecule has 0 radical (unpaired) electrons. The zero-order valence-electron chi connectivity index (χ0n) is 17.6. The zero-order chi connectivity index (χ0) is 21.3. The van der Waals surface area contributed by atoms with Gasteiger partial charge >= 0.3 is 5.69 Å². The number of carbonyl (C=O) groups excluding carboxylic acids is 1. The number of fused-ring (bicyclic) bond motifs is 1. The number of benzene rings is 1. The molecule has 1 amide bonds. The molecule has 7 heteroatoms. The van der Waals surface area contributed by atoms with Gasteiger partial charge in [-0.25, -0.2) is 14.5 Å². The van der Waals surface area contributed by atoms with E-state index in [1.165, 1.54) is 16.3 Å². The normalized spacial score (nSPS) is 16.2. The van der Waals surface area contributed by atoms with Gasteiger partial charge < -0.3 is 5.32 Å². The molecule has 0 aliphatic heterocycles. The van der Waals surface area contributed by atoms with Crippen molar-refractivity contribution in [2.75, 3.05) is 0 Å². The maximum atomic E-state index is 12.5. The number of hydrogen-bond donors (Lipinski definition) is 1. The van der Waals surface area contributed by atoms with Crippen molar-refractivity contribution in [3.05, 3.63) is 76.2 Å². The average Bonchev–Trinajstić information content (AvgIpc) is 3.14. The second-order valence-corrected chi connectivity index (χ2v) is 8.80. The lowest BCUT2D eigenvalue weighted by Crippen LogP contribution is -2.36. The van der Waals surface area contributed by atoms with Crippen LogP contribution in [0.2, 0.25) is 0 Å². The van der Waals surface area contributed by atoms with Crippen molar-refractivity contribution < 1.29 is 4.79 Å². The SMILES string of the molecule is CC(C)(C)c1ccc(-n2ncc3c2CCC[C@H]3NC(=O)Cn2cccnc2=O)cc1. The smallest absolute Gasteiger partial charge is 0.347 e. The molecule has 0 unspecified atom stereocenters. The molecule has 1 aliphatic carbocycles. The van der Waals surface area contributed by atoms with Gasteiger partial charge in [-0.2, -0.15) is 5.10 Å². The molecule has 0 saturated heterocycles. The van der Waals surface area contributed by atoms with E-state index in [1.54, 1.807) is 12.3 Å². The van der Waals surface area contributed by atoms with E-state index in [4.69, 9.17) is 0 Å². The van der Waals surface area contributed by atoms with Crippen LogP contribution in [0, 0.1) is 0 Å². The minimum atomic E-state index is -0.427. The van der Waals surface area contributed by atoms with Gasteiger partial charge in [0.1, 0.15) is 6.54 Å². The minimum absolute atomic E-state index is 0.0408. The van der Waals surface area contributed by atoms with Crippen LogP contribution >= 0.6 is 0 Å². The summed E-state index contributed by atoms with van der Waals surface area (Å²) in [5.41, 5.74) is 4.17. The van der Waals surface area contributed by atoms with E-state index in [9.17, 15) is 9.59 Å². The fourth-order valence-corrected chi connectivity index (χ4v) is 3.93. The van der Waals surface area contributed by atoms with E-state index < -0.39 is 5.69 Å². The van der Waals surface area contributed by atoms with E-state index in [0.717, 1.165) is 36.2 Å². The molecule has 7 nitrogen and oxygen atoms in total. The predicted octanol–water partition coefficient (Wildman–Crippen LogP) is 2.92. The molecule has 1 aromatic carbocycles. The summed E-state index contributed by atoms with van der Waals surface area (Å²) >= 11 is 0. The van der Waals surface area contributed by atoms with Gasteiger partial charge in [0, 0.05) is 23.7 Å². The fraction of sp³-hybridized carbons (Fsp3) is 0.391. The van der Waals surface area contributed by atoms with Crippen LogP contribution in [-0.4, -0.2) is 25.2 Å². The summed E-state index contributed by atoms with van der Waals surface area (Å²) < 4.78 is 3.28. The number of rotatable bonds is 4. The van der Waals surface area contributed by atoms with Gasteiger partial charge in [0.15, 0.2) is 0 Å². The summed E-state index contributed by atoms with van der Waals surface area (Å²) in [4.78, 5) is 28.0. The van der Waals surface area contributed by atoms with E-state index in [0.29, 0.717) is 0 Å². The van der Waals surface area contributed by atoms with Gasteiger partial charge in [0.25, 0.3) is 0 Å². The summed E-state index contributed by atoms with van der Waals surface area (Å²) in [6.45, 7) is 6.56. The maximum Gasteiger partial charge on any atom is 0.347 e. The maximum absolute atomic E-state index is 12.5. The van der Waals surface area contributed by atoms with Crippen LogP contribution in [0.3, 0.4) is 0 Å². The lowest BCUT2D eigenvalue weighted by atomic mass is 9.87. The third-order valence-electron chi connectivity index (χ3n) is 5.59. The van der Waals surface area contributed by atoms with Crippen molar-refractivity contribution in [1.29, 1.82) is 0 Å². The van der Waals surface area contributed by atoms with Gasteiger partial charge in [-0.3, -0.25) is 9.36 Å². The quantitative estimate of drug-likeness (QED) is 0.724. The Morgan fingerprint density at radius 1 is 1.23 bits per heavy atom. The molecular weight excluding hydrogens is 378 g/mol. The molecule has 0 saturated carbocycles. The molecule has 3 aromatic rings. The van der Waals surface area contributed by atoms with Crippen LogP contribution in [-0.2, 0) is 23.2 Å². The molecule has 156 valence electrons. The molecule has 0 bridgehead atoms. The Balaban J connectivity index is 1.53. The van der Waals surface area contributed by atoms with Crippen molar-refractivity contribution in [3.8, 4) is 5.69 Å². The largest absolute Gasteiger partial charge is 0.348 e. The van der Waals surface area contributed by atoms with Gasteiger partial charge in [-0.05, 0) is 48.4 Å². The van der Waals surface area contributed by atoms with Crippen LogP contribution in [0.1, 0.15) is 56.5 Å². The topological polar surface area (TPSA) is 81.8 Å². The highest BCUT2D eigenvalue weighted by Crippen LogP contribution is 2.31. The van der Waals surface area contributed by atoms with Crippen LogP contribution in [0.25, 0.3) is 5.69 Å². The first-order valence-corrected chi connectivity index (χ1v) is 10.3. The molecule has 4 rings (SSSR count). The van der Waals surface area contributed by atoms with Crippen molar-refractivity contribution in [2.45, 2.75) is 58.0 Å². The monoisotopic (exact) mass is 405 g/mol. The lowest BCUT2D eigenvalue weighted by molar-refractivity contribution is -0.122. The highest BCUT2D eigenvalue weighted by atomic mass is 16.2. The number of carbonyl (C=O) groups is 1. The zero-order valence-corrected chi connectivity index (χ0v) is 17.6. The van der Waals surface area contributed by atoms with E-state index in [1.807, 2.05) is 10.9 Å². The Bertz CT molecular complexity index is 1110. The van der Waals surface area contributed by atoms with Gasteiger partial charge in [0.2, 0.25) is 5.91 Å². The number of hydrogen-bond acceptors (Lipinski definition) is 4. The van der Waals surface area contributed by atoms with Gasteiger partial charge in [0.05, 0.1) is 17.9 Å². The van der Waals surface area contributed by atoms with Crippen LogP contribution in [0.5, 0.6) is 0 Å². The molecule has 2 aromatic heterocycles.